The SMILES string of the molecule is C[C@@H]1c2cc3c(cc2CCN1CC(=O)N1c2ccccc2Sc2ccccc21)OCCCO3. The molecule has 6 heteroatoms. The van der Waals surface area contributed by atoms with Crippen LogP contribution in [-0.2, 0) is 11.2 Å². The Hall–Kier alpha value is -2.96. The standard InChI is InChI=1S/C27H26N2O3S/c1-18-20-16-24-23(31-13-6-14-32-24)15-19(20)11-12-28(18)17-27(30)29-21-7-2-4-9-25(21)33-26-10-5-3-8-22(26)29/h2-5,7-10,15-16,18H,6,11-14,17H2,1H3/t18-/m1/s1. The molecule has 1 amide bonds. The van der Waals surface area contributed by atoms with Gasteiger partial charge in [0, 0.05) is 28.8 Å². The van der Waals surface area contributed by atoms with E-state index in [2.05, 4.69) is 36.1 Å². The number of fused-ring (bicyclic) bond motifs is 4. The lowest BCUT2D eigenvalue weighted by Gasteiger charge is -2.37. The van der Waals surface area contributed by atoms with Gasteiger partial charge >= 0.3 is 0 Å². The highest BCUT2D eigenvalue weighted by Gasteiger charge is 2.32. The molecule has 0 aromatic heterocycles. The molecule has 0 fully saturated rings. The second-order valence-electron chi connectivity index (χ2n) is 8.71. The van der Waals surface area contributed by atoms with Gasteiger partial charge in [0.05, 0.1) is 31.1 Å². The van der Waals surface area contributed by atoms with Crippen molar-refractivity contribution in [2.24, 2.45) is 0 Å². The lowest BCUT2D eigenvalue weighted by Crippen LogP contribution is -2.43. The van der Waals surface area contributed by atoms with Crippen LogP contribution in [0.2, 0.25) is 0 Å². The third-order valence-electron chi connectivity index (χ3n) is 6.70. The van der Waals surface area contributed by atoms with Crippen molar-refractivity contribution in [1.82, 2.24) is 4.90 Å². The number of ether oxygens (including phenoxy) is 2. The Bertz CT molecular complexity index is 1180. The predicted molar refractivity (Wildman–Crippen MR) is 130 cm³/mol. The van der Waals surface area contributed by atoms with Crippen molar-refractivity contribution in [3.63, 3.8) is 0 Å². The number of carbonyl (C=O) groups excluding carboxylic acids is 1. The van der Waals surface area contributed by atoms with E-state index in [4.69, 9.17) is 9.47 Å². The van der Waals surface area contributed by atoms with Gasteiger partial charge in [0.15, 0.2) is 11.5 Å². The van der Waals surface area contributed by atoms with E-state index in [0.717, 1.165) is 52.1 Å². The van der Waals surface area contributed by atoms with Crippen molar-refractivity contribution in [3.8, 4) is 11.5 Å². The molecule has 3 aliphatic heterocycles. The molecule has 3 aliphatic rings. The van der Waals surface area contributed by atoms with Crippen molar-refractivity contribution in [3.05, 3.63) is 71.8 Å². The fourth-order valence-corrected chi connectivity index (χ4v) is 6.02. The molecule has 0 saturated heterocycles. The molecule has 0 saturated carbocycles. The Morgan fingerprint density at radius 1 is 0.970 bits per heavy atom. The van der Waals surface area contributed by atoms with Gasteiger partial charge in [-0.2, -0.15) is 0 Å². The van der Waals surface area contributed by atoms with E-state index in [1.54, 1.807) is 11.8 Å². The molecule has 5 nitrogen and oxygen atoms in total. The third kappa shape index (κ3) is 3.67. The Labute approximate surface area is 198 Å². The number of hydrogen-bond donors (Lipinski definition) is 0. The fourth-order valence-electron chi connectivity index (χ4n) is 4.96. The summed E-state index contributed by atoms with van der Waals surface area (Å²) in [6.07, 6.45) is 1.79. The topological polar surface area (TPSA) is 42.0 Å². The number of para-hydroxylation sites is 2. The highest BCUT2D eigenvalue weighted by molar-refractivity contribution is 7.99. The maximum atomic E-state index is 13.8. The van der Waals surface area contributed by atoms with Gasteiger partial charge in [-0.05, 0) is 60.9 Å². The largest absolute Gasteiger partial charge is 0.490 e. The fraction of sp³-hybridized carbons (Fsp3) is 0.296. The molecule has 0 radical (unpaired) electrons. The number of benzene rings is 3. The summed E-state index contributed by atoms with van der Waals surface area (Å²) in [6, 6.07) is 20.7. The van der Waals surface area contributed by atoms with Crippen LogP contribution in [0.4, 0.5) is 11.4 Å². The lowest BCUT2D eigenvalue weighted by molar-refractivity contribution is -0.119. The van der Waals surface area contributed by atoms with E-state index in [9.17, 15) is 4.79 Å². The first kappa shape index (κ1) is 20.6. The molecule has 0 bridgehead atoms. The predicted octanol–water partition coefficient (Wildman–Crippen LogP) is 5.60. The molecule has 1 atom stereocenters. The van der Waals surface area contributed by atoms with Crippen LogP contribution in [0.1, 0.15) is 30.5 Å². The molecule has 33 heavy (non-hydrogen) atoms. The van der Waals surface area contributed by atoms with Crippen LogP contribution < -0.4 is 14.4 Å². The minimum atomic E-state index is 0.0971. The van der Waals surface area contributed by atoms with Crippen LogP contribution in [0.25, 0.3) is 0 Å². The van der Waals surface area contributed by atoms with Gasteiger partial charge in [-0.3, -0.25) is 14.6 Å². The zero-order valence-electron chi connectivity index (χ0n) is 18.6. The minimum Gasteiger partial charge on any atom is -0.490 e. The quantitative estimate of drug-likeness (QED) is 0.500. The Balaban J connectivity index is 1.29. The van der Waals surface area contributed by atoms with Crippen LogP contribution in [0.5, 0.6) is 11.5 Å². The molecule has 3 heterocycles. The van der Waals surface area contributed by atoms with Gasteiger partial charge in [-0.15, -0.1) is 0 Å². The average Bonchev–Trinajstić information content (AvgIpc) is 3.08. The minimum absolute atomic E-state index is 0.0971. The number of amides is 1. The van der Waals surface area contributed by atoms with E-state index < -0.39 is 0 Å². The summed E-state index contributed by atoms with van der Waals surface area (Å²) in [5, 5.41) is 0. The summed E-state index contributed by atoms with van der Waals surface area (Å²) in [5.74, 6) is 1.77. The van der Waals surface area contributed by atoms with Crippen molar-refractivity contribution in [2.45, 2.75) is 35.6 Å². The Morgan fingerprint density at radius 2 is 1.61 bits per heavy atom. The molecular formula is C27H26N2O3S. The van der Waals surface area contributed by atoms with Crippen molar-refractivity contribution in [2.75, 3.05) is 31.2 Å². The molecule has 0 N–H and O–H groups in total. The maximum Gasteiger partial charge on any atom is 0.245 e. The molecule has 0 spiro atoms. The number of anilines is 2. The van der Waals surface area contributed by atoms with Crippen LogP contribution in [0.15, 0.2) is 70.5 Å². The molecule has 3 aromatic carbocycles. The monoisotopic (exact) mass is 458 g/mol. The van der Waals surface area contributed by atoms with Crippen molar-refractivity contribution in [1.29, 1.82) is 0 Å². The summed E-state index contributed by atoms with van der Waals surface area (Å²) < 4.78 is 11.8. The summed E-state index contributed by atoms with van der Waals surface area (Å²) >= 11 is 1.72. The van der Waals surface area contributed by atoms with Gasteiger partial charge in [-0.1, -0.05) is 36.0 Å². The van der Waals surface area contributed by atoms with Gasteiger partial charge in [0.2, 0.25) is 5.91 Å². The molecule has 3 aromatic rings. The second kappa shape index (κ2) is 8.43. The molecule has 0 aliphatic carbocycles. The van der Waals surface area contributed by atoms with Crippen molar-refractivity contribution < 1.29 is 14.3 Å². The van der Waals surface area contributed by atoms with Gasteiger partial charge in [-0.25, -0.2) is 0 Å². The molecule has 6 rings (SSSR count). The van der Waals surface area contributed by atoms with Crippen LogP contribution >= 0.6 is 11.8 Å². The van der Waals surface area contributed by atoms with Crippen molar-refractivity contribution >= 4 is 29.0 Å². The zero-order valence-corrected chi connectivity index (χ0v) is 19.4. The van der Waals surface area contributed by atoms with Crippen LogP contribution in [-0.4, -0.2) is 37.1 Å². The zero-order chi connectivity index (χ0) is 22.4. The highest BCUT2D eigenvalue weighted by atomic mass is 32.2. The van der Waals surface area contributed by atoms with E-state index in [-0.39, 0.29) is 11.9 Å². The lowest BCUT2D eigenvalue weighted by atomic mass is 9.92. The summed E-state index contributed by atoms with van der Waals surface area (Å²) in [6.45, 7) is 4.75. The molecule has 0 unspecified atom stereocenters. The van der Waals surface area contributed by atoms with E-state index in [0.29, 0.717) is 19.8 Å². The van der Waals surface area contributed by atoms with E-state index in [1.165, 1.54) is 11.1 Å². The smallest absolute Gasteiger partial charge is 0.245 e. The number of hydrogen-bond acceptors (Lipinski definition) is 5. The first-order chi connectivity index (χ1) is 16.2. The summed E-state index contributed by atoms with van der Waals surface area (Å²) in [4.78, 5) is 20.2. The third-order valence-corrected chi connectivity index (χ3v) is 7.83. The first-order valence-corrected chi connectivity index (χ1v) is 12.4. The van der Waals surface area contributed by atoms with E-state index in [1.807, 2.05) is 41.3 Å². The van der Waals surface area contributed by atoms with Gasteiger partial charge < -0.3 is 9.47 Å². The second-order valence-corrected chi connectivity index (χ2v) is 9.80. The van der Waals surface area contributed by atoms with E-state index >= 15 is 0 Å². The Morgan fingerprint density at radius 3 is 2.30 bits per heavy atom. The first-order valence-electron chi connectivity index (χ1n) is 11.5. The van der Waals surface area contributed by atoms with Gasteiger partial charge in [0.25, 0.3) is 0 Å². The number of rotatable bonds is 2. The van der Waals surface area contributed by atoms with Gasteiger partial charge in [0.1, 0.15) is 0 Å². The van der Waals surface area contributed by atoms with Crippen LogP contribution in [0.3, 0.4) is 0 Å². The molecular weight excluding hydrogens is 432 g/mol. The summed E-state index contributed by atoms with van der Waals surface area (Å²) in [5.41, 5.74) is 4.45. The maximum absolute atomic E-state index is 13.8. The number of carbonyl (C=O) groups is 1. The number of nitrogens with zero attached hydrogens (tertiary/aromatic N) is 2. The normalized spacial score (nSPS) is 19.2. The average molecular weight is 459 g/mol. The molecule has 168 valence electrons. The Kier molecular flexibility index (Phi) is 5.27. The highest BCUT2D eigenvalue weighted by Crippen LogP contribution is 2.48. The summed E-state index contributed by atoms with van der Waals surface area (Å²) in [7, 11) is 0. The van der Waals surface area contributed by atoms with Crippen LogP contribution in [0, 0.1) is 0 Å².